The Morgan fingerprint density at radius 2 is 1.95 bits per heavy atom. The summed E-state index contributed by atoms with van der Waals surface area (Å²) in [4.78, 5) is 23.6. The van der Waals surface area contributed by atoms with E-state index in [1.54, 1.807) is 25.1 Å². The molecule has 2 N–H and O–H groups in total. The molecule has 2 aromatic rings. The van der Waals surface area contributed by atoms with Crippen molar-refractivity contribution in [3.8, 4) is 5.75 Å². The van der Waals surface area contributed by atoms with Crippen LogP contribution in [0, 0.1) is 0 Å². The summed E-state index contributed by atoms with van der Waals surface area (Å²) in [5.41, 5.74) is 0.0462. The van der Waals surface area contributed by atoms with Gasteiger partial charge in [-0.1, -0.05) is 30.3 Å². The van der Waals surface area contributed by atoms with Crippen molar-refractivity contribution in [2.75, 3.05) is 6.54 Å². The van der Waals surface area contributed by atoms with Crippen molar-refractivity contribution < 1.29 is 19.4 Å². The van der Waals surface area contributed by atoms with E-state index in [1.165, 1.54) is 13.0 Å². The van der Waals surface area contributed by atoms with Gasteiger partial charge in [0.15, 0.2) is 6.10 Å². The third kappa shape index (κ3) is 3.13. The van der Waals surface area contributed by atoms with Crippen LogP contribution in [-0.2, 0) is 9.53 Å². The summed E-state index contributed by atoms with van der Waals surface area (Å²) in [5.74, 6) is -1.23. The normalized spacial score (nSPS) is 11.9. The third-order valence-electron chi connectivity index (χ3n) is 3.12. The highest BCUT2D eigenvalue weighted by atomic mass is 16.5. The van der Waals surface area contributed by atoms with Crippen LogP contribution in [0.2, 0.25) is 0 Å². The predicted molar refractivity (Wildman–Crippen MR) is 79.2 cm³/mol. The van der Waals surface area contributed by atoms with Gasteiger partial charge in [-0.25, -0.2) is 4.79 Å². The van der Waals surface area contributed by atoms with Gasteiger partial charge in [-0.2, -0.15) is 0 Å². The molecule has 0 aromatic heterocycles. The number of likely N-dealkylation sites (N-methyl/N-ethyl adjacent to an activating group) is 1. The number of esters is 1. The highest BCUT2D eigenvalue weighted by Gasteiger charge is 2.21. The fourth-order valence-electron chi connectivity index (χ4n) is 2.02. The highest BCUT2D eigenvalue weighted by molar-refractivity contribution is 6.01. The molecule has 0 spiro atoms. The van der Waals surface area contributed by atoms with Crippen LogP contribution in [0.15, 0.2) is 36.4 Å². The molecule has 0 aliphatic heterocycles. The molecule has 0 aliphatic carbocycles. The van der Waals surface area contributed by atoms with E-state index in [9.17, 15) is 14.7 Å². The van der Waals surface area contributed by atoms with Crippen molar-refractivity contribution in [2.45, 2.75) is 20.0 Å². The molecular formula is C16H17NO4. The molecular weight excluding hydrogens is 270 g/mol. The minimum Gasteiger partial charge on any atom is -0.506 e. The minimum atomic E-state index is -0.914. The first-order chi connectivity index (χ1) is 10.0. The maximum Gasteiger partial charge on any atom is 0.342 e. The molecule has 1 amide bonds. The maximum absolute atomic E-state index is 12.1. The molecule has 2 rings (SSSR count). The number of phenolic OH excluding ortho intramolecular Hbond substituents is 1. The van der Waals surface area contributed by atoms with Gasteiger partial charge in [0.05, 0.1) is 0 Å². The molecule has 21 heavy (non-hydrogen) atoms. The molecule has 0 heterocycles. The SMILES string of the molecule is CCNC(=O)C(C)OC(=O)c1ccc2ccccc2c1O. The molecule has 1 atom stereocenters. The fraction of sp³-hybridized carbons (Fsp3) is 0.250. The van der Waals surface area contributed by atoms with Crippen molar-refractivity contribution in [3.63, 3.8) is 0 Å². The molecule has 0 bridgehead atoms. The smallest absolute Gasteiger partial charge is 0.342 e. The second-order valence-electron chi connectivity index (χ2n) is 4.62. The number of phenols is 1. The second-order valence-corrected chi connectivity index (χ2v) is 4.62. The average Bonchev–Trinajstić information content (AvgIpc) is 2.48. The summed E-state index contributed by atoms with van der Waals surface area (Å²) in [7, 11) is 0. The molecule has 0 radical (unpaired) electrons. The van der Waals surface area contributed by atoms with E-state index < -0.39 is 12.1 Å². The van der Waals surface area contributed by atoms with Crippen LogP contribution < -0.4 is 5.32 Å². The lowest BCUT2D eigenvalue weighted by atomic mass is 10.1. The number of benzene rings is 2. The zero-order valence-corrected chi connectivity index (χ0v) is 11.9. The van der Waals surface area contributed by atoms with E-state index in [0.29, 0.717) is 11.9 Å². The number of carbonyl (C=O) groups excluding carboxylic acids is 2. The summed E-state index contributed by atoms with van der Waals surface area (Å²) in [6.45, 7) is 3.73. The Hall–Kier alpha value is -2.56. The lowest BCUT2D eigenvalue weighted by Crippen LogP contribution is -2.35. The Bertz CT molecular complexity index is 681. The predicted octanol–water partition coefficient (Wildman–Crippen LogP) is 2.23. The van der Waals surface area contributed by atoms with Crippen LogP contribution in [-0.4, -0.2) is 29.6 Å². The molecule has 5 nitrogen and oxygen atoms in total. The molecule has 2 aromatic carbocycles. The van der Waals surface area contributed by atoms with Gasteiger partial charge in [-0.3, -0.25) is 4.79 Å². The van der Waals surface area contributed by atoms with Crippen molar-refractivity contribution >= 4 is 22.6 Å². The zero-order chi connectivity index (χ0) is 15.4. The quantitative estimate of drug-likeness (QED) is 0.845. The van der Waals surface area contributed by atoms with Gasteiger partial charge >= 0.3 is 5.97 Å². The van der Waals surface area contributed by atoms with Crippen LogP contribution in [0.4, 0.5) is 0 Å². The number of carbonyl (C=O) groups is 2. The molecule has 110 valence electrons. The van der Waals surface area contributed by atoms with E-state index in [2.05, 4.69) is 5.32 Å². The van der Waals surface area contributed by atoms with Crippen molar-refractivity contribution in [1.29, 1.82) is 0 Å². The minimum absolute atomic E-state index is 0.0462. The third-order valence-corrected chi connectivity index (χ3v) is 3.12. The van der Waals surface area contributed by atoms with Gasteiger partial charge < -0.3 is 15.2 Å². The van der Waals surface area contributed by atoms with Gasteiger partial charge in [0, 0.05) is 11.9 Å². The second kappa shape index (κ2) is 6.26. The Kier molecular flexibility index (Phi) is 4.42. The number of hydrogen-bond acceptors (Lipinski definition) is 4. The maximum atomic E-state index is 12.1. The molecule has 0 fully saturated rings. The van der Waals surface area contributed by atoms with E-state index in [0.717, 1.165) is 5.39 Å². The van der Waals surface area contributed by atoms with Crippen LogP contribution >= 0.6 is 0 Å². The summed E-state index contributed by atoms with van der Waals surface area (Å²) >= 11 is 0. The number of amides is 1. The molecule has 5 heteroatoms. The van der Waals surface area contributed by atoms with Crippen LogP contribution in [0.1, 0.15) is 24.2 Å². The number of hydrogen-bond donors (Lipinski definition) is 2. The average molecular weight is 287 g/mol. The Morgan fingerprint density at radius 3 is 2.67 bits per heavy atom. The molecule has 0 saturated carbocycles. The van der Waals surface area contributed by atoms with Gasteiger partial charge in [0.2, 0.25) is 0 Å². The first-order valence-corrected chi connectivity index (χ1v) is 6.74. The number of rotatable bonds is 4. The van der Waals surface area contributed by atoms with E-state index in [-0.39, 0.29) is 17.2 Å². The number of aromatic hydroxyl groups is 1. The Labute approximate surface area is 122 Å². The van der Waals surface area contributed by atoms with Gasteiger partial charge in [0.25, 0.3) is 5.91 Å². The van der Waals surface area contributed by atoms with Crippen LogP contribution in [0.5, 0.6) is 5.75 Å². The first kappa shape index (κ1) is 14.8. The highest BCUT2D eigenvalue weighted by Crippen LogP contribution is 2.29. The van der Waals surface area contributed by atoms with Gasteiger partial charge in [-0.15, -0.1) is 0 Å². The van der Waals surface area contributed by atoms with E-state index in [4.69, 9.17) is 4.74 Å². The van der Waals surface area contributed by atoms with Crippen molar-refractivity contribution in [3.05, 3.63) is 42.0 Å². The fourth-order valence-corrected chi connectivity index (χ4v) is 2.02. The van der Waals surface area contributed by atoms with Crippen molar-refractivity contribution in [2.24, 2.45) is 0 Å². The zero-order valence-electron chi connectivity index (χ0n) is 11.9. The summed E-state index contributed by atoms with van der Waals surface area (Å²) < 4.78 is 5.07. The molecule has 1 unspecified atom stereocenters. The van der Waals surface area contributed by atoms with Crippen molar-refractivity contribution in [1.82, 2.24) is 5.32 Å². The largest absolute Gasteiger partial charge is 0.506 e. The topological polar surface area (TPSA) is 75.6 Å². The number of fused-ring (bicyclic) bond motifs is 1. The first-order valence-electron chi connectivity index (χ1n) is 6.74. The standard InChI is InChI=1S/C16H17NO4/c1-3-17-15(19)10(2)21-16(20)13-9-8-11-6-4-5-7-12(11)14(13)18/h4-10,18H,3H2,1-2H3,(H,17,19). The number of nitrogens with one attached hydrogen (secondary N) is 1. The van der Waals surface area contributed by atoms with E-state index in [1.807, 2.05) is 12.1 Å². The van der Waals surface area contributed by atoms with Gasteiger partial charge in [0.1, 0.15) is 11.3 Å². The summed E-state index contributed by atoms with van der Waals surface area (Å²) in [6.07, 6.45) is -0.914. The van der Waals surface area contributed by atoms with Crippen LogP contribution in [0.3, 0.4) is 0 Å². The Morgan fingerprint density at radius 1 is 1.24 bits per heavy atom. The number of ether oxygens (including phenoxy) is 1. The molecule has 0 aliphatic rings. The lowest BCUT2D eigenvalue weighted by Gasteiger charge is -2.13. The van der Waals surface area contributed by atoms with E-state index >= 15 is 0 Å². The van der Waals surface area contributed by atoms with Crippen LogP contribution in [0.25, 0.3) is 10.8 Å². The lowest BCUT2D eigenvalue weighted by molar-refractivity contribution is -0.128. The summed E-state index contributed by atoms with van der Waals surface area (Å²) in [6, 6.07) is 10.4. The summed E-state index contributed by atoms with van der Waals surface area (Å²) in [5, 5.41) is 14.1. The monoisotopic (exact) mass is 287 g/mol. The van der Waals surface area contributed by atoms with Gasteiger partial charge in [-0.05, 0) is 25.3 Å². The molecule has 0 saturated heterocycles. The Balaban J connectivity index is 2.24.